The summed E-state index contributed by atoms with van der Waals surface area (Å²) in [5.41, 5.74) is 3.56. The number of fused-ring (bicyclic) bond motifs is 1. The molecular weight excluding hydrogens is 492 g/mol. The monoisotopic (exact) mass is 524 g/mol. The van der Waals surface area contributed by atoms with Crippen LogP contribution >= 0.6 is 0 Å². The second-order valence-electron chi connectivity index (χ2n) is 9.22. The fourth-order valence-corrected chi connectivity index (χ4v) is 4.62. The number of hydrogen-bond acceptors (Lipinski definition) is 8. The molecule has 1 aliphatic rings. The zero-order chi connectivity index (χ0) is 27.2. The topological polar surface area (TPSA) is 92.7 Å². The minimum absolute atomic E-state index is 0.218. The number of aromatic nitrogens is 3. The Kier molecular flexibility index (Phi) is 7.86. The summed E-state index contributed by atoms with van der Waals surface area (Å²) in [7, 11) is 1.60. The number of hydrogen-bond donors (Lipinski definition) is 1. The van der Waals surface area contributed by atoms with Gasteiger partial charge in [0.15, 0.2) is 11.5 Å². The van der Waals surface area contributed by atoms with Crippen LogP contribution in [0.15, 0.2) is 67.0 Å². The number of nitrogens with one attached hydrogen (secondary N) is 1. The van der Waals surface area contributed by atoms with E-state index < -0.39 is 0 Å². The summed E-state index contributed by atoms with van der Waals surface area (Å²) in [5, 5.41) is 3.96. The minimum Gasteiger partial charge on any atom is -0.493 e. The van der Waals surface area contributed by atoms with E-state index in [4.69, 9.17) is 14.5 Å². The Hall–Kier alpha value is -4.66. The van der Waals surface area contributed by atoms with Crippen LogP contribution in [0.3, 0.4) is 0 Å². The summed E-state index contributed by atoms with van der Waals surface area (Å²) in [4.78, 5) is 30.8. The van der Waals surface area contributed by atoms with Crippen molar-refractivity contribution in [3.8, 4) is 11.5 Å². The first-order chi connectivity index (χ1) is 19.0. The zero-order valence-electron chi connectivity index (χ0n) is 22.4. The molecule has 1 aliphatic heterocycles. The Morgan fingerprint density at radius 2 is 1.77 bits per heavy atom. The third kappa shape index (κ3) is 6.09. The van der Waals surface area contributed by atoms with Crippen molar-refractivity contribution in [2.24, 2.45) is 0 Å². The van der Waals surface area contributed by atoms with Gasteiger partial charge in [-0.05, 0) is 73.5 Å². The van der Waals surface area contributed by atoms with Gasteiger partial charge in [-0.15, -0.1) is 0 Å². The highest BCUT2D eigenvalue weighted by Gasteiger charge is 2.20. The van der Waals surface area contributed by atoms with Crippen LogP contribution < -0.4 is 24.6 Å². The van der Waals surface area contributed by atoms with Crippen LogP contribution in [0, 0.1) is 6.92 Å². The second-order valence-corrected chi connectivity index (χ2v) is 9.22. The molecule has 1 amide bonds. The van der Waals surface area contributed by atoms with E-state index in [0.717, 1.165) is 65.7 Å². The molecule has 0 radical (unpaired) electrons. The van der Waals surface area contributed by atoms with E-state index in [9.17, 15) is 4.79 Å². The molecule has 0 atom stereocenters. The van der Waals surface area contributed by atoms with Crippen LogP contribution in [0.25, 0.3) is 17.0 Å². The summed E-state index contributed by atoms with van der Waals surface area (Å²) in [6.45, 7) is 7.92. The van der Waals surface area contributed by atoms with E-state index in [0.29, 0.717) is 18.1 Å². The molecule has 4 aromatic rings. The van der Waals surface area contributed by atoms with Gasteiger partial charge in [0.25, 0.3) is 0 Å². The maximum absolute atomic E-state index is 12.6. The fourth-order valence-electron chi connectivity index (χ4n) is 4.62. The third-order valence-corrected chi connectivity index (χ3v) is 6.62. The highest BCUT2D eigenvalue weighted by molar-refractivity contribution is 6.03. The van der Waals surface area contributed by atoms with Gasteiger partial charge >= 0.3 is 0 Å². The molecule has 0 spiro atoms. The van der Waals surface area contributed by atoms with Crippen molar-refractivity contribution in [1.29, 1.82) is 0 Å². The molecule has 3 heterocycles. The lowest BCUT2D eigenvalue weighted by molar-refractivity contribution is -0.111. The highest BCUT2D eigenvalue weighted by Crippen LogP contribution is 2.29. The van der Waals surface area contributed by atoms with Crippen LogP contribution in [0.4, 0.5) is 17.5 Å². The Bertz CT molecular complexity index is 1480. The van der Waals surface area contributed by atoms with E-state index in [2.05, 4.69) is 38.1 Å². The third-order valence-electron chi connectivity index (χ3n) is 6.62. The lowest BCUT2D eigenvalue weighted by Crippen LogP contribution is -2.47. The first kappa shape index (κ1) is 26.0. The van der Waals surface area contributed by atoms with E-state index in [-0.39, 0.29) is 5.91 Å². The molecule has 1 N–H and O–H groups in total. The van der Waals surface area contributed by atoms with Gasteiger partial charge in [0.1, 0.15) is 5.82 Å². The number of nitrogens with zero attached hydrogens (tertiary/aromatic N) is 5. The first-order valence-electron chi connectivity index (χ1n) is 13.0. The number of carbonyl (C=O) groups excluding carboxylic acids is 1. The second kappa shape index (κ2) is 11.8. The summed E-state index contributed by atoms with van der Waals surface area (Å²) in [6.07, 6.45) is 6.80. The number of piperazine rings is 1. The predicted molar refractivity (Wildman–Crippen MR) is 155 cm³/mol. The molecule has 1 saturated heterocycles. The standard InChI is InChI=1S/C30H32N6O3/c1-4-39-26-10-6-22(19-27(26)38-3)7-11-29(37)33-23-8-9-25-24(20-23)21(2)18-28(34-25)35-14-16-36(17-15-35)30-31-12-5-13-32-30/h5-13,18-20H,4,14-17H2,1-3H3,(H,33,37). The SMILES string of the molecule is CCOc1ccc(C=CC(=O)Nc2ccc3nc(N4CCN(c5ncccn5)CC4)cc(C)c3c2)cc1OC. The van der Waals surface area contributed by atoms with Crippen LogP contribution in [-0.2, 0) is 4.79 Å². The van der Waals surface area contributed by atoms with Crippen molar-refractivity contribution >= 4 is 40.3 Å². The van der Waals surface area contributed by atoms with Gasteiger partial charge in [0.05, 0.1) is 19.2 Å². The van der Waals surface area contributed by atoms with E-state index in [1.54, 1.807) is 25.6 Å². The number of carbonyl (C=O) groups is 1. The van der Waals surface area contributed by atoms with Gasteiger partial charge in [-0.3, -0.25) is 4.79 Å². The van der Waals surface area contributed by atoms with E-state index in [1.807, 2.05) is 49.4 Å². The lowest BCUT2D eigenvalue weighted by atomic mass is 10.1. The molecule has 0 saturated carbocycles. The number of pyridine rings is 1. The van der Waals surface area contributed by atoms with Gasteiger partial charge in [-0.2, -0.15) is 0 Å². The largest absolute Gasteiger partial charge is 0.493 e. The molecule has 9 nitrogen and oxygen atoms in total. The molecule has 200 valence electrons. The molecule has 2 aromatic heterocycles. The van der Waals surface area contributed by atoms with Crippen LogP contribution in [0.5, 0.6) is 11.5 Å². The van der Waals surface area contributed by atoms with Crippen LogP contribution in [0.2, 0.25) is 0 Å². The summed E-state index contributed by atoms with van der Waals surface area (Å²) >= 11 is 0. The van der Waals surface area contributed by atoms with Gasteiger partial charge in [-0.1, -0.05) is 6.07 Å². The number of ether oxygens (including phenoxy) is 2. The summed E-state index contributed by atoms with van der Waals surface area (Å²) in [6, 6.07) is 15.3. The molecular formula is C30H32N6O3. The smallest absolute Gasteiger partial charge is 0.248 e. The summed E-state index contributed by atoms with van der Waals surface area (Å²) in [5.74, 6) is 2.81. The van der Waals surface area contributed by atoms with Crippen molar-refractivity contribution in [2.75, 3.05) is 55.0 Å². The Balaban J connectivity index is 1.24. The minimum atomic E-state index is -0.218. The number of benzene rings is 2. The molecule has 0 unspecified atom stereocenters. The molecule has 5 rings (SSSR count). The quantitative estimate of drug-likeness (QED) is 0.331. The highest BCUT2D eigenvalue weighted by atomic mass is 16.5. The fraction of sp³-hybridized carbons (Fsp3) is 0.267. The average molecular weight is 525 g/mol. The Labute approximate surface area is 228 Å². The van der Waals surface area contributed by atoms with Crippen LogP contribution in [-0.4, -0.2) is 60.8 Å². The van der Waals surface area contributed by atoms with Crippen molar-refractivity contribution in [3.63, 3.8) is 0 Å². The molecule has 0 aliphatic carbocycles. The van der Waals surface area contributed by atoms with E-state index >= 15 is 0 Å². The van der Waals surface area contributed by atoms with Gasteiger partial charge < -0.3 is 24.6 Å². The van der Waals surface area contributed by atoms with Crippen molar-refractivity contribution < 1.29 is 14.3 Å². The number of rotatable bonds is 8. The maximum atomic E-state index is 12.6. The zero-order valence-corrected chi connectivity index (χ0v) is 22.4. The van der Waals surface area contributed by atoms with Crippen molar-refractivity contribution in [1.82, 2.24) is 15.0 Å². The van der Waals surface area contributed by atoms with Crippen LogP contribution in [0.1, 0.15) is 18.1 Å². The number of aryl methyl sites for hydroxylation is 1. The number of amides is 1. The average Bonchev–Trinajstić information content (AvgIpc) is 2.97. The number of anilines is 3. The van der Waals surface area contributed by atoms with Crippen molar-refractivity contribution in [3.05, 3.63) is 78.1 Å². The number of methoxy groups -OCH3 is 1. The molecule has 0 bridgehead atoms. The normalized spacial score (nSPS) is 13.6. The van der Waals surface area contributed by atoms with Gasteiger partial charge in [0, 0.05) is 55.7 Å². The predicted octanol–water partition coefficient (Wildman–Crippen LogP) is 4.72. The Morgan fingerprint density at radius 3 is 2.51 bits per heavy atom. The first-order valence-corrected chi connectivity index (χ1v) is 13.0. The molecule has 2 aromatic carbocycles. The summed E-state index contributed by atoms with van der Waals surface area (Å²) < 4.78 is 10.9. The maximum Gasteiger partial charge on any atom is 0.248 e. The molecule has 1 fully saturated rings. The van der Waals surface area contributed by atoms with Gasteiger partial charge in [-0.25, -0.2) is 15.0 Å². The molecule has 9 heteroatoms. The van der Waals surface area contributed by atoms with E-state index in [1.165, 1.54) is 6.08 Å². The van der Waals surface area contributed by atoms with Gasteiger partial charge in [0.2, 0.25) is 11.9 Å². The Morgan fingerprint density at radius 1 is 1.00 bits per heavy atom. The van der Waals surface area contributed by atoms with Crippen molar-refractivity contribution in [2.45, 2.75) is 13.8 Å². The molecule has 39 heavy (non-hydrogen) atoms. The lowest BCUT2D eigenvalue weighted by Gasteiger charge is -2.35.